The van der Waals surface area contributed by atoms with E-state index in [0.717, 1.165) is 0 Å². The minimum absolute atomic E-state index is 3.37. The first kappa shape index (κ1) is 33.2. The maximum Gasteiger partial charge on any atom is 0.435 e. The number of benzene rings is 2. The van der Waals surface area contributed by atoms with Gasteiger partial charge in [0.05, 0.1) is 11.1 Å². The fourth-order valence-corrected chi connectivity index (χ4v) is 3.31. The lowest BCUT2D eigenvalue weighted by Gasteiger charge is -2.39. The Kier molecular flexibility index (Phi) is 7.66. The zero-order valence-electron chi connectivity index (χ0n) is 17.5. The minimum atomic E-state index is -7.97. The van der Waals surface area contributed by atoms with E-state index in [1.807, 2.05) is 0 Å². The highest BCUT2D eigenvalue weighted by molar-refractivity contribution is 5.74. The Labute approximate surface area is 204 Å². The molecule has 2 nitrogen and oxygen atoms in total. The van der Waals surface area contributed by atoms with Crippen molar-refractivity contribution in [2.24, 2.45) is 0 Å². The van der Waals surface area contributed by atoms with Gasteiger partial charge in [-0.1, -0.05) is 0 Å². The van der Waals surface area contributed by atoms with E-state index in [9.17, 15) is 83.4 Å². The number of alkyl halides is 12. The van der Waals surface area contributed by atoms with Crippen molar-refractivity contribution in [1.82, 2.24) is 0 Å². The molecule has 0 fully saturated rings. The van der Waals surface area contributed by atoms with Gasteiger partial charge in [-0.25, -0.2) is 43.9 Å². The smallest absolute Gasteiger partial charge is 0.333 e. The largest absolute Gasteiger partial charge is 0.435 e. The van der Waals surface area contributed by atoms with Crippen LogP contribution in [0.25, 0.3) is 11.1 Å². The molecule has 226 valence electrons. The molecule has 22 heteroatoms. The van der Waals surface area contributed by atoms with Crippen LogP contribution in [0.4, 0.5) is 87.8 Å². The summed E-state index contributed by atoms with van der Waals surface area (Å²) in [5.41, 5.74) is -33.2. The standard InChI is InChI=1S/C18H2F20O2/c19-5-1(2-6(20)10(24)12(26)11(25)7(2)21)3(13(27,15(29,30)31)17(35,36)39)4(8(22)9(5)23)14(28,16(32,33)34)18(37,38)40/h39-40H. The molecule has 0 spiro atoms. The second-order valence-electron chi connectivity index (χ2n) is 7.41. The van der Waals surface area contributed by atoms with E-state index in [0.29, 0.717) is 0 Å². The molecular weight excluding hydrogens is 628 g/mol. The molecule has 0 bridgehead atoms. The normalized spacial score (nSPS) is 16.6. The van der Waals surface area contributed by atoms with Gasteiger partial charge in [0.15, 0.2) is 40.7 Å². The molecule has 0 heterocycles. The lowest BCUT2D eigenvalue weighted by molar-refractivity contribution is -0.386. The number of hydrogen-bond donors (Lipinski definition) is 2. The highest BCUT2D eigenvalue weighted by atomic mass is 19.4. The lowest BCUT2D eigenvalue weighted by Crippen LogP contribution is -2.58. The molecule has 0 aromatic heterocycles. The fraction of sp³-hybridized carbons (Fsp3) is 0.333. The molecule has 2 rings (SSSR count). The van der Waals surface area contributed by atoms with Gasteiger partial charge in [0.25, 0.3) is 0 Å². The molecule has 2 N–H and O–H groups in total. The van der Waals surface area contributed by atoms with Crippen LogP contribution in [0.15, 0.2) is 0 Å². The van der Waals surface area contributed by atoms with Crippen LogP contribution < -0.4 is 0 Å². The first-order chi connectivity index (χ1) is 17.5. The molecule has 0 aliphatic carbocycles. The maximum atomic E-state index is 15.1. The molecule has 0 aliphatic heterocycles. The monoisotopic (exact) mass is 630 g/mol. The van der Waals surface area contributed by atoms with Crippen LogP contribution in [-0.2, 0) is 11.3 Å². The van der Waals surface area contributed by atoms with Gasteiger partial charge >= 0.3 is 35.9 Å². The minimum Gasteiger partial charge on any atom is -0.333 e. The third kappa shape index (κ3) is 4.29. The van der Waals surface area contributed by atoms with E-state index in [4.69, 9.17) is 10.2 Å². The van der Waals surface area contributed by atoms with Crippen molar-refractivity contribution in [2.45, 2.75) is 35.9 Å². The number of rotatable bonds is 5. The second kappa shape index (κ2) is 9.24. The van der Waals surface area contributed by atoms with Crippen molar-refractivity contribution < 1.29 is 98.0 Å². The Morgan fingerprint density at radius 2 is 0.575 bits per heavy atom. The Balaban J connectivity index is 3.69. The highest BCUT2D eigenvalue weighted by Crippen LogP contribution is 2.62. The van der Waals surface area contributed by atoms with Crippen molar-refractivity contribution in [1.29, 1.82) is 0 Å². The lowest BCUT2D eigenvalue weighted by atomic mass is 9.76. The van der Waals surface area contributed by atoms with Gasteiger partial charge in [-0.2, -0.15) is 43.9 Å². The van der Waals surface area contributed by atoms with Gasteiger partial charge in [-0.3, -0.25) is 0 Å². The van der Waals surface area contributed by atoms with Gasteiger partial charge < -0.3 is 10.2 Å². The third-order valence-electron chi connectivity index (χ3n) is 5.08. The SMILES string of the molecule is OC(F)(F)C(F)(c1c(F)c(F)c(F)c(-c2c(F)c(F)c(F)c(F)c2F)c1C(F)(C(O)(F)F)C(F)(F)F)C(F)(F)F. The number of aliphatic hydroxyl groups is 2. The summed E-state index contributed by atoms with van der Waals surface area (Å²) in [6.45, 7) is 0. The average Bonchev–Trinajstić information content (AvgIpc) is 2.77. The first-order valence-electron chi connectivity index (χ1n) is 8.98. The molecular formula is C18H2F20O2. The zero-order chi connectivity index (χ0) is 31.9. The molecule has 40 heavy (non-hydrogen) atoms. The molecule has 2 aromatic rings. The summed E-state index contributed by atoms with van der Waals surface area (Å²) in [5, 5.41) is 16.9. The van der Waals surface area contributed by atoms with Crippen LogP contribution in [-0.4, -0.2) is 34.8 Å². The van der Waals surface area contributed by atoms with Gasteiger partial charge in [0, 0.05) is 11.1 Å². The molecule has 2 unspecified atom stereocenters. The highest BCUT2D eigenvalue weighted by Gasteiger charge is 2.80. The van der Waals surface area contributed by atoms with Crippen LogP contribution in [0, 0.1) is 46.5 Å². The molecule has 0 saturated heterocycles. The molecule has 0 aliphatic rings. The van der Waals surface area contributed by atoms with E-state index < -0.39 is 105 Å². The van der Waals surface area contributed by atoms with Gasteiger partial charge in [0.2, 0.25) is 5.82 Å². The third-order valence-corrected chi connectivity index (χ3v) is 5.08. The molecule has 0 radical (unpaired) electrons. The summed E-state index contributed by atoms with van der Waals surface area (Å²) in [6.07, 6.45) is -31.0. The Hall–Kier alpha value is -3.04. The number of halogens is 20. The Morgan fingerprint density at radius 3 is 0.875 bits per heavy atom. The topological polar surface area (TPSA) is 40.5 Å². The van der Waals surface area contributed by atoms with E-state index in [-0.39, 0.29) is 0 Å². The van der Waals surface area contributed by atoms with Crippen LogP contribution >= 0.6 is 0 Å². The number of hydrogen-bond acceptors (Lipinski definition) is 2. The summed E-state index contributed by atoms with van der Waals surface area (Å²) in [7, 11) is 0. The van der Waals surface area contributed by atoms with Crippen molar-refractivity contribution in [3.8, 4) is 11.1 Å². The van der Waals surface area contributed by atoms with Crippen LogP contribution in [0.1, 0.15) is 11.1 Å². The molecule has 0 amide bonds. The molecule has 0 saturated carbocycles. The predicted octanol–water partition coefficient (Wildman–Crippen LogP) is 7.09. The van der Waals surface area contributed by atoms with Crippen molar-refractivity contribution in [3.63, 3.8) is 0 Å². The molecule has 2 atom stereocenters. The van der Waals surface area contributed by atoms with E-state index in [1.54, 1.807) is 0 Å². The van der Waals surface area contributed by atoms with Crippen LogP contribution in [0.3, 0.4) is 0 Å². The average molecular weight is 630 g/mol. The summed E-state index contributed by atoms with van der Waals surface area (Å²) in [4.78, 5) is 0. The van der Waals surface area contributed by atoms with E-state index >= 15 is 4.39 Å². The van der Waals surface area contributed by atoms with Crippen molar-refractivity contribution >= 4 is 0 Å². The Bertz CT molecular complexity index is 1290. The molecule has 2 aromatic carbocycles. The summed E-state index contributed by atoms with van der Waals surface area (Å²) < 4.78 is 277. The van der Waals surface area contributed by atoms with Crippen LogP contribution in [0.5, 0.6) is 0 Å². The zero-order valence-corrected chi connectivity index (χ0v) is 17.5. The first-order valence-corrected chi connectivity index (χ1v) is 8.98. The maximum absolute atomic E-state index is 15.1. The predicted molar refractivity (Wildman–Crippen MR) is 83.6 cm³/mol. The summed E-state index contributed by atoms with van der Waals surface area (Å²) in [5.74, 6) is -30.7. The van der Waals surface area contributed by atoms with E-state index in [1.165, 1.54) is 0 Å². The quantitative estimate of drug-likeness (QED) is 0.211. The summed E-state index contributed by atoms with van der Waals surface area (Å²) >= 11 is 0. The second-order valence-corrected chi connectivity index (χ2v) is 7.41. The van der Waals surface area contributed by atoms with Crippen LogP contribution in [0.2, 0.25) is 0 Å². The van der Waals surface area contributed by atoms with Crippen molar-refractivity contribution in [2.75, 3.05) is 0 Å². The summed E-state index contributed by atoms with van der Waals surface area (Å²) in [6, 6.07) is 0. The Morgan fingerprint density at radius 1 is 0.325 bits per heavy atom. The van der Waals surface area contributed by atoms with Crippen molar-refractivity contribution in [3.05, 3.63) is 57.7 Å². The fourth-order valence-electron chi connectivity index (χ4n) is 3.31. The van der Waals surface area contributed by atoms with Gasteiger partial charge in [-0.05, 0) is 0 Å². The van der Waals surface area contributed by atoms with Gasteiger partial charge in [-0.15, -0.1) is 0 Å². The van der Waals surface area contributed by atoms with E-state index in [2.05, 4.69) is 0 Å². The van der Waals surface area contributed by atoms with Gasteiger partial charge in [0.1, 0.15) is 0 Å².